The van der Waals surface area contributed by atoms with E-state index in [-0.39, 0.29) is 10.3 Å². The summed E-state index contributed by atoms with van der Waals surface area (Å²) in [5.41, 5.74) is 1.90. The van der Waals surface area contributed by atoms with Gasteiger partial charge in [0.2, 0.25) is 10.0 Å². The lowest BCUT2D eigenvalue weighted by molar-refractivity contribution is 0.262. The standard InChI is InChI=1S/C19H23N5O2S2/c1-20-18-22-17(14-27-18)19(15-6-4-3-5-7-15)8-10-24(11-9-19)28(25,26)16-12-21-23(2)13-16/h3-7,12-14H,8-11H2,1-2H3,(H,20,22). The van der Waals surface area contributed by atoms with Crippen LogP contribution in [0.4, 0.5) is 5.13 Å². The zero-order chi connectivity index (χ0) is 19.8. The fourth-order valence-corrected chi connectivity index (χ4v) is 6.05. The molecule has 2 aromatic heterocycles. The van der Waals surface area contributed by atoms with Crippen molar-refractivity contribution < 1.29 is 8.42 Å². The highest BCUT2D eigenvalue weighted by Crippen LogP contribution is 2.43. The lowest BCUT2D eigenvalue weighted by Gasteiger charge is -2.40. The maximum absolute atomic E-state index is 13.0. The first kappa shape index (κ1) is 19.1. The van der Waals surface area contributed by atoms with Gasteiger partial charge in [0.25, 0.3) is 0 Å². The highest BCUT2D eigenvalue weighted by atomic mass is 32.2. The highest BCUT2D eigenvalue weighted by molar-refractivity contribution is 7.89. The third-order valence-electron chi connectivity index (χ3n) is 5.43. The number of nitrogens with zero attached hydrogens (tertiary/aromatic N) is 4. The molecule has 0 saturated carbocycles. The van der Waals surface area contributed by atoms with E-state index in [4.69, 9.17) is 4.98 Å². The Morgan fingerprint density at radius 1 is 1.18 bits per heavy atom. The van der Waals surface area contributed by atoms with E-state index in [2.05, 4.69) is 27.9 Å². The van der Waals surface area contributed by atoms with Crippen LogP contribution in [0, 0.1) is 0 Å². The molecule has 148 valence electrons. The number of benzene rings is 1. The van der Waals surface area contributed by atoms with Gasteiger partial charge in [-0.3, -0.25) is 4.68 Å². The number of thiazole rings is 1. The minimum Gasteiger partial charge on any atom is -0.365 e. The van der Waals surface area contributed by atoms with Crippen LogP contribution in [0.2, 0.25) is 0 Å². The number of hydrogen-bond acceptors (Lipinski definition) is 6. The van der Waals surface area contributed by atoms with Crippen LogP contribution in [0.15, 0.2) is 53.0 Å². The average molecular weight is 418 g/mol. The minimum absolute atomic E-state index is 0.244. The lowest BCUT2D eigenvalue weighted by atomic mass is 9.71. The van der Waals surface area contributed by atoms with Gasteiger partial charge in [-0.1, -0.05) is 30.3 Å². The fourth-order valence-electron chi connectivity index (χ4n) is 3.85. The van der Waals surface area contributed by atoms with Crippen molar-refractivity contribution in [3.8, 4) is 0 Å². The summed E-state index contributed by atoms with van der Waals surface area (Å²) in [6.07, 6.45) is 4.33. The molecular formula is C19H23N5O2S2. The number of aromatic nitrogens is 3. The van der Waals surface area contributed by atoms with Gasteiger partial charge in [-0.05, 0) is 18.4 Å². The van der Waals surface area contributed by atoms with Crippen LogP contribution >= 0.6 is 11.3 Å². The van der Waals surface area contributed by atoms with E-state index in [0.29, 0.717) is 25.9 Å². The Hall–Kier alpha value is -2.23. The smallest absolute Gasteiger partial charge is 0.246 e. The van der Waals surface area contributed by atoms with Gasteiger partial charge in [0.1, 0.15) is 4.90 Å². The maximum Gasteiger partial charge on any atom is 0.246 e. The number of rotatable bonds is 5. The van der Waals surface area contributed by atoms with E-state index in [1.807, 2.05) is 25.2 Å². The molecule has 3 aromatic rings. The predicted octanol–water partition coefficient (Wildman–Crippen LogP) is 2.69. The van der Waals surface area contributed by atoms with Gasteiger partial charge in [-0.25, -0.2) is 13.4 Å². The first-order chi connectivity index (χ1) is 13.5. The predicted molar refractivity (Wildman–Crippen MR) is 110 cm³/mol. The van der Waals surface area contributed by atoms with Crippen molar-refractivity contribution in [2.24, 2.45) is 7.05 Å². The molecule has 4 rings (SSSR count). The molecule has 7 nitrogen and oxygen atoms in total. The first-order valence-corrected chi connectivity index (χ1v) is 11.5. The molecule has 28 heavy (non-hydrogen) atoms. The SMILES string of the molecule is CNc1nc(C2(c3ccccc3)CCN(S(=O)(=O)c3cnn(C)c3)CC2)cs1. The quantitative estimate of drug-likeness (QED) is 0.690. The third kappa shape index (κ3) is 3.23. The van der Waals surface area contributed by atoms with Crippen molar-refractivity contribution >= 4 is 26.5 Å². The molecule has 1 aromatic carbocycles. The summed E-state index contributed by atoms with van der Waals surface area (Å²) < 4.78 is 29.0. The van der Waals surface area contributed by atoms with Gasteiger partial charge in [-0.2, -0.15) is 9.40 Å². The molecular weight excluding hydrogens is 394 g/mol. The molecule has 1 N–H and O–H groups in total. The van der Waals surface area contributed by atoms with Gasteiger partial charge in [0.15, 0.2) is 5.13 Å². The van der Waals surface area contributed by atoms with Crippen molar-refractivity contribution in [2.45, 2.75) is 23.2 Å². The highest BCUT2D eigenvalue weighted by Gasteiger charge is 2.42. The van der Waals surface area contributed by atoms with Crippen molar-refractivity contribution in [3.05, 3.63) is 59.4 Å². The summed E-state index contributed by atoms with van der Waals surface area (Å²) in [4.78, 5) is 5.02. The number of anilines is 1. The Balaban J connectivity index is 1.66. The number of nitrogens with one attached hydrogen (secondary N) is 1. The molecule has 0 aliphatic carbocycles. The molecule has 0 unspecified atom stereocenters. The Bertz CT molecular complexity index is 1050. The number of hydrogen-bond donors (Lipinski definition) is 1. The van der Waals surface area contributed by atoms with Crippen LogP contribution in [0.1, 0.15) is 24.1 Å². The number of aryl methyl sites for hydroxylation is 1. The lowest BCUT2D eigenvalue weighted by Crippen LogP contribution is -2.45. The van der Waals surface area contributed by atoms with Crippen LogP contribution < -0.4 is 5.32 Å². The number of sulfonamides is 1. The molecule has 1 aliphatic rings. The normalized spacial score (nSPS) is 17.5. The number of piperidine rings is 1. The van der Waals surface area contributed by atoms with Gasteiger partial charge >= 0.3 is 0 Å². The van der Waals surface area contributed by atoms with Gasteiger partial charge in [-0.15, -0.1) is 11.3 Å². The zero-order valence-corrected chi connectivity index (χ0v) is 17.5. The van der Waals surface area contributed by atoms with Gasteiger partial charge in [0, 0.05) is 44.2 Å². The molecule has 0 bridgehead atoms. The summed E-state index contributed by atoms with van der Waals surface area (Å²) in [7, 11) is 0.0461. The topological polar surface area (TPSA) is 80.1 Å². The summed E-state index contributed by atoms with van der Waals surface area (Å²) in [6, 6.07) is 10.3. The molecule has 0 radical (unpaired) electrons. The van der Waals surface area contributed by atoms with E-state index in [1.165, 1.54) is 16.4 Å². The summed E-state index contributed by atoms with van der Waals surface area (Å²) in [6.45, 7) is 0.886. The monoisotopic (exact) mass is 417 g/mol. The largest absolute Gasteiger partial charge is 0.365 e. The Kier molecular flexibility index (Phi) is 4.98. The molecule has 0 amide bonds. The molecule has 1 fully saturated rings. The second-order valence-corrected chi connectivity index (χ2v) is 9.79. The molecule has 0 spiro atoms. The summed E-state index contributed by atoms with van der Waals surface area (Å²) in [5, 5.41) is 10.1. The van der Waals surface area contributed by atoms with Crippen LogP contribution in [0.25, 0.3) is 0 Å². The van der Waals surface area contributed by atoms with E-state index >= 15 is 0 Å². The molecule has 1 saturated heterocycles. The minimum atomic E-state index is -3.54. The van der Waals surface area contributed by atoms with E-state index in [1.54, 1.807) is 28.9 Å². The van der Waals surface area contributed by atoms with Crippen molar-refractivity contribution in [2.75, 3.05) is 25.5 Å². The van der Waals surface area contributed by atoms with Crippen LogP contribution in [-0.2, 0) is 22.5 Å². The molecule has 9 heteroatoms. The van der Waals surface area contributed by atoms with E-state index in [0.717, 1.165) is 10.8 Å². The van der Waals surface area contributed by atoms with Gasteiger partial charge in [0.05, 0.1) is 11.9 Å². The van der Waals surface area contributed by atoms with E-state index < -0.39 is 10.0 Å². The molecule has 3 heterocycles. The Morgan fingerprint density at radius 2 is 1.89 bits per heavy atom. The van der Waals surface area contributed by atoms with E-state index in [9.17, 15) is 8.42 Å². The zero-order valence-electron chi connectivity index (χ0n) is 15.9. The summed E-state index contributed by atoms with van der Waals surface area (Å²) >= 11 is 1.58. The van der Waals surface area contributed by atoms with Crippen LogP contribution in [0.5, 0.6) is 0 Å². The Labute approximate surface area is 169 Å². The summed E-state index contributed by atoms with van der Waals surface area (Å²) in [5.74, 6) is 0. The second-order valence-electron chi connectivity index (χ2n) is 6.99. The van der Waals surface area contributed by atoms with Crippen molar-refractivity contribution in [1.29, 1.82) is 0 Å². The molecule has 1 aliphatic heterocycles. The second kappa shape index (κ2) is 7.31. The van der Waals surface area contributed by atoms with Crippen LogP contribution in [0.3, 0.4) is 0 Å². The first-order valence-electron chi connectivity index (χ1n) is 9.14. The average Bonchev–Trinajstić information content (AvgIpc) is 3.38. The van der Waals surface area contributed by atoms with Crippen molar-refractivity contribution in [1.82, 2.24) is 19.1 Å². The van der Waals surface area contributed by atoms with Crippen molar-refractivity contribution in [3.63, 3.8) is 0 Å². The van der Waals surface area contributed by atoms with Gasteiger partial charge < -0.3 is 5.32 Å². The Morgan fingerprint density at radius 3 is 2.46 bits per heavy atom. The van der Waals surface area contributed by atoms with Crippen LogP contribution in [-0.4, -0.2) is 47.6 Å². The maximum atomic E-state index is 13.0. The fraction of sp³-hybridized carbons (Fsp3) is 0.368. The third-order valence-corrected chi connectivity index (χ3v) is 8.14. The molecule has 0 atom stereocenters.